The fourth-order valence-electron chi connectivity index (χ4n) is 3.15. The van der Waals surface area contributed by atoms with Crippen LogP contribution in [-0.4, -0.2) is 33.4 Å². The highest BCUT2D eigenvalue weighted by Crippen LogP contribution is 2.41. The van der Waals surface area contributed by atoms with Crippen molar-refractivity contribution in [3.8, 4) is 5.75 Å². The van der Waals surface area contributed by atoms with E-state index >= 15 is 0 Å². The van der Waals surface area contributed by atoms with Gasteiger partial charge in [-0.2, -0.15) is 0 Å². The zero-order valence-corrected chi connectivity index (χ0v) is 11.4. The summed E-state index contributed by atoms with van der Waals surface area (Å²) >= 11 is 0. The highest BCUT2D eigenvalue weighted by molar-refractivity contribution is 5.40. The second-order valence-corrected chi connectivity index (χ2v) is 5.60. The Balaban J connectivity index is 1.91. The summed E-state index contributed by atoms with van der Waals surface area (Å²) in [6, 6.07) is 6.77. The van der Waals surface area contributed by atoms with Crippen LogP contribution in [0.25, 0.3) is 0 Å². The summed E-state index contributed by atoms with van der Waals surface area (Å²) < 4.78 is 11.1. The Morgan fingerprint density at radius 1 is 1.42 bits per heavy atom. The largest absolute Gasteiger partial charge is 0.493 e. The smallest absolute Gasteiger partial charge is 0.122 e. The Morgan fingerprint density at radius 2 is 2.26 bits per heavy atom. The van der Waals surface area contributed by atoms with Crippen molar-refractivity contribution in [3.63, 3.8) is 0 Å². The monoisotopic (exact) mass is 262 g/mol. The maximum absolute atomic E-state index is 5.98. The standard InChI is InChI=1S/C15H22N2O2/c1-17-14(15(8-16)9-18-10-15)12-4-5-13-11(7-12)3-2-6-19-13/h4-5,7,14,17H,2-3,6,8-10,16H2,1H3. The van der Waals surface area contributed by atoms with Gasteiger partial charge in [0.1, 0.15) is 5.75 Å². The van der Waals surface area contributed by atoms with E-state index in [0.29, 0.717) is 6.54 Å². The minimum absolute atomic E-state index is 0.0402. The van der Waals surface area contributed by atoms with Gasteiger partial charge in [0.25, 0.3) is 0 Å². The molecule has 3 N–H and O–H groups in total. The number of fused-ring (bicyclic) bond motifs is 1. The molecule has 2 heterocycles. The molecule has 1 aromatic carbocycles. The van der Waals surface area contributed by atoms with Crippen LogP contribution in [0, 0.1) is 5.41 Å². The number of hydrogen-bond acceptors (Lipinski definition) is 4. The van der Waals surface area contributed by atoms with Gasteiger partial charge in [0, 0.05) is 18.0 Å². The van der Waals surface area contributed by atoms with Crippen molar-refractivity contribution in [2.75, 3.05) is 33.4 Å². The van der Waals surface area contributed by atoms with Gasteiger partial charge in [-0.15, -0.1) is 0 Å². The lowest BCUT2D eigenvalue weighted by molar-refractivity contribution is -0.126. The van der Waals surface area contributed by atoms with Gasteiger partial charge < -0.3 is 20.5 Å². The van der Waals surface area contributed by atoms with Crippen molar-refractivity contribution in [1.29, 1.82) is 0 Å². The van der Waals surface area contributed by atoms with Crippen LogP contribution in [0.1, 0.15) is 23.6 Å². The molecule has 4 nitrogen and oxygen atoms in total. The van der Waals surface area contributed by atoms with E-state index in [4.69, 9.17) is 15.2 Å². The van der Waals surface area contributed by atoms with Crippen molar-refractivity contribution in [1.82, 2.24) is 5.32 Å². The van der Waals surface area contributed by atoms with E-state index in [0.717, 1.165) is 38.4 Å². The molecular weight excluding hydrogens is 240 g/mol. The molecule has 3 rings (SSSR count). The van der Waals surface area contributed by atoms with Gasteiger partial charge in [-0.3, -0.25) is 0 Å². The molecule has 2 aliphatic rings. The fourth-order valence-corrected chi connectivity index (χ4v) is 3.15. The number of ether oxygens (including phenoxy) is 2. The molecule has 0 aliphatic carbocycles. The summed E-state index contributed by atoms with van der Waals surface area (Å²) in [5.41, 5.74) is 8.62. The normalized spacial score (nSPS) is 22.0. The maximum atomic E-state index is 5.98. The van der Waals surface area contributed by atoms with Crippen LogP contribution >= 0.6 is 0 Å². The number of hydrogen-bond donors (Lipinski definition) is 2. The number of nitrogens with two attached hydrogens (primary N) is 1. The first-order valence-electron chi connectivity index (χ1n) is 7.00. The minimum Gasteiger partial charge on any atom is -0.493 e. The summed E-state index contributed by atoms with van der Waals surface area (Å²) in [5, 5.41) is 3.42. The topological polar surface area (TPSA) is 56.5 Å². The van der Waals surface area contributed by atoms with Crippen LogP contribution in [0.4, 0.5) is 0 Å². The van der Waals surface area contributed by atoms with E-state index in [1.807, 2.05) is 7.05 Å². The molecule has 0 spiro atoms. The van der Waals surface area contributed by atoms with Gasteiger partial charge in [-0.05, 0) is 37.1 Å². The third kappa shape index (κ3) is 2.14. The van der Waals surface area contributed by atoms with Crippen LogP contribution in [0.3, 0.4) is 0 Å². The van der Waals surface area contributed by atoms with Gasteiger partial charge in [0.2, 0.25) is 0 Å². The molecule has 1 atom stereocenters. The van der Waals surface area contributed by atoms with Gasteiger partial charge in [-0.25, -0.2) is 0 Å². The second-order valence-electron chi connectivity index (χ2n) is 5.60. The summed E-state index contributed by atoms with van der Waals surface area (Å²) in [6.45, 7) is 2.96. The van der Waals surface area contributed by atoms with Gasteiger partial charge in [0.15, 0.2) is 0 Å². The average Bonchev–Trinajstić information content (AvgIpc) is 2.42. The van der Waals surface area contributed by atoms with Crippen molar-refractivity contribution < 1.29 is 9.47 Å². The van der Waals surface area contributed by atoms with Crippen molar-refractivity contribution in [2.24, 2.45) is 11.1 Å². The summed E-state index contributed by atoms with van der Waals surface area (Å²) in [7, 11) is 2.00. The quantitative estimate of drug-likeness (QED) is 0.857. The molecule has 0 bridgehead atoms. The Bertz CT molecular complexity index is 452. The molecule has 0 saturated carbocycles. The van der Waals surface area contributed by atoms with Crippen LogP contribution in [0.15, 0.2) is 18.2 Å². The van der Waals surface area contributed by atoms with E-state index in [2.05, 4.69) is 23.5 Å². The first-order chi connectivity index (χ1) is 9.29. The maximum Gasteiger partial charge on any atom is 0.122 e. The van der Waals surface area contributed by atoms with E-state index in [-0.39, 0.29) is 11.5 Å². The molecule has 2 aliphatic heterocycles. The number of rotatable bonds is 4. The van der Waals surface area contributed by atoms with E-state index in [9.17, 15) is 0 Å². The van der Waals surface area contributed by atoms with E-state index in [1.165, 1.54) is 11.1 Å². The predicted octanol–water partition coefficient (Wildman–Crippen LogP) is 1.25. The summed E-state index contributed by atoms with van der Waals surface area (Å²) in [6.07, 6.45) is 2.21. The first-order valence-corrected chi connectivity index (χ1v) is 7.00. The molecule has 1 saturated heterocycles. The lowest BCUT2D eigenvalue weighted by Crippen LogP contribution is -2.55. The van der Waals surface area contributed by atoms with Crippen LogP contribution in [0.2, 0.25) is 0 Å². The van der Waals surface area contributed by atoms with Gasteiger partial charge in [-0.1, -0.05) is 12.1 Å². The molecule has 0 amide bonds. The second kappa shape index (κ2) is 5.12. The highest BCUT2D eigenvalue weighted by Gasteiger charge is 2.44. The SMILES string of the molecule is CNC(c1ccc2c(c1)CCCO2)C1(CN)COC1. The first kappa shape index (κ1) is 12.9. The third-order valence-electron chi connectivity index (χ3n) is 4.35. The zero-order chi connectivity index (χ0) is 13.3. The molecular formula is C15H22N2O2. The Morgan fingerprint density at radius 3 is 2.89 bits per heavy atom. The number of aryl methyl sites for hydroxylation is 1. The van der Waals surface area contributed by atoms with E-state index < -0.39 is 0 Å². The highest BCUT2D eigenvalue weighted by atomic mass is 16.5. The van der Waals surface area contributed by atoms with Gasteiger partial charge >= 0.3 is 0 Å². The number of benzene rings is 1. The van der Waals surface area contributed by atoms with Crippen molar-refractivity contribution >= 4 is 0 Å². The Labute approximate surface area is 114 Å². The van der Waals surface area contributed by atoms with Crippen molar-refractivity contribution in [3.05, 3.63) is 29.3 Å². The predicted molar refractivity (Wildman–Crippen MR) is 74.4 cm³/mol. The summed E-state index contributed by atoms with van der Waals surface area (Å²) in [4.78, 5) is 0. The third-order valence-corrected chi connectivity index (χ3v) is 4.35. The van der Waals surface area contributed by atoms with Gasteiger partial charge in [0.05, 0.1) is 19.8 Å². The minimum atomic E-state index is 0.0402. The van der Waals surface area contributed by atoms with Crippen LogP contribution in [0.5, 0.6) is 5.75 Å². The molecule has 104 valence electrons. The molecule has 1 aromatic rings. The van der Waals surface area contributed by atoms with Crippen molar-refractivity contribution in [2.45, 2.75) is 18.9 Å². The number of nitrogens with one attached hydrogen (secondary N) is 1. The van der Waals surface area contributed by atoms with Crippen LogP contribution < -0.4 is 15.8 Å². The molecule has 1 unspecified atom stereocenters. The molecule has 19 heavy (non-hydrogen) atoms. The fraction of sp³-hybridized carbons (Fsp3) is 0.600. The lowest BCUT2D eigenvalue weighted by Gasteiger charge is -2.46. The molecule has 0 radical (unpaired) electrons. The molecule has 0 aromatic heterocycles. The zero-order valence-electron chi connectivity index (χ0n) is 11.4. The Kier molecular flexibility index (Phi) is 3.48. The lowest BCUT2D eigenvalue weighted by atomic mass is 9.75. The van der Waals surface area contributed by atoms with E-state index in [1.54, 1.807) is 0 Å². The molecule has 4 heteroatoms. The summed E-state index contributed by atoms with van der Waals surface area (Å²) in [5.74, 6) is 1.04. The molecule has 1 fully saturated rings. The van der Waals surface area contributed by atoms with Crippen LogP contribution in [-0.2, 0) is 11.2 Å². The Hall–Kier alpha value is -1.10. The average molecular weight is 262 g/mol.